The fraction of sp³-hybridized carbons (Fsp3) is 0.471. The lowest BCUT2D eigenvalue weighted by molar-refractivity contribution is 0.181. The molecule has 1 aromatic rings. The van der Waals surface area contributed by atoms with Crippen LogP contribution in [0.3, 0.4) is 0 Å². The third-order valence-corrected chi connectivity index (χ3v) is 3.41. The molecule has 0 aliphatic rings. The van der Waals surface area contributed by atoms with E-state index in [0.717, 1.165) is 18.4 Å². The first-order chi connectivity index (χ1) is 9.93. The predicted molar refractivity (Wildman–Crippen MR) is 85.5 cm³/mol. The number of hydrogen-bond acceptors (Lipinski definition) is 3. The number of benzene rings is 1. The molecular weight excluding hydrogens is 288 g/mol. The molecule has 1 aromatic carbocycles. The van der Waals surface area contributed by atoms with Gasteiger partial charge in [-0.05, 0) is 42.7 Å². The van der Waals surface area contributed by atoms with E-state index in [9.17, 15) is 15.3 Å². The van der Waals surface area contributed by atoms with Gasteiger partial charge in [0, 0.05) is 12.8 Å². The molecule has 3 nitrogen and oxygen atoms in total. The van der Waals surface area contributed by atoms with E-state index in [1.807, 2.05) is 0 Å². The van der Waals surface area contributed by atoms with Crippen LogP contribution < -0.4 is 0 Å². The van der Waals surface area contributed by atoms with E-state index in [1.165, 1.54) is 12.1 Å². The summed E-state index contributed by atoms with van der Waals surface area (Å²) in [4.78, 5) is 0. The number of phenolic OH excluding ortho intramolecular Hbond substituents is 1. The van der Waals surface area contributed by atoms with Gasteiger partial charge in [-0.15, -0.1) is 5.73 Å². The lowest BCUT2D eigenvalue weighted by Gasteiger charge is -2.10. The van der Waals surface area contributed by atoms with Crippen molar-refractivity contribution in [2.24, 2.45) is 0 Å². The van der Waals surface area contributed by atoms with E-state index in [4.69, 9.17) is 11.6 Å². The van der Waals surface area contributed by atoms with Gasteiger partial charge in [0.2, 0.25) is 0 Å². The zero-order valence-electron chi connectivity index (χ0n) is 12.5. The fourth-order valence-electron chi connectivity index (χ4n) is 2.12. The van der Waals surface area contributed by atoms with Gasteiger partial charge in [-0.3, -0.25) is 0 Å². The number of aromatic hydroxyl groups is 1. The summed E-state index contributed by atoms with van der Waals surface area (Å²) in [6.45, 7) is 3.83. The normalized spacial score (nSPS) is 13.4. The molecule has 116 valence electrons. The highest BCUT2D eigenvalue weighted by Crippen LogP contribution is 2.28. The molecule has 21 heavy (non-hydrogen) atoms. The Kier molecular flexibility index (Phi) is 7.55. The van der Waals surface area contributed by atoms with E-state index in [1.54, 1.807) is 19.1 Å². The molecule has 4 heteroatoms. The predicted octanol–water partition coefficient (Wildman–Crippen LogP) is 4.12. The number of aliphatic hydroxyl groups excluding tert-OH is 2. The number of rotatable bonds is 7. The van der Waals surface area contributed by atoms with Crippen molar-refractivity contribution < 1.29 is 15.3 Å². The Hall–Kier alpha value is -1.25. The largest absolute Gasteiger partial charge is 0.508 e. The molecule has 0 bridgehead atoms. The minimum absolute atomic E-state index is 0.0774. The summed E-state index contributed by atoms with van der Waals surface area (Å²) < 4.78 is 0. The monoisotopic (exact) mass is 310 g/mol. The van der Waals surface area contributed by atoms with Crippen LogP contribution in [0.1, 0.15) is 51.2 Å². The van der Waals surface area contributed by atoms with Crippen LogP contribution in [0.4, 0.5) is 0 Å². The molecule has 3 N–H and O–H groups in total. The van der Waals surface area contributed by atoms with Crippen molar-refractivity contribution >= 4 is 11.6 Å². The molecule has 0 heterocycles. The Morgan fingerprint density at radius 1 is 1.38 bits per heavy atom. The second kappa shape index (κ2) is 8.91. The maximum Gasteiger partial charge on any atom is 0.117 e. The Labute approximate surface area is 131 Å². The Morgan fingerprint density at radius 3 is 2.67 bits per heavy atom. The lowest BCUT2D eigenvalue weighted by Crippen LogP contribution is -2.00. The SMILES string of the molecule is CCCC(=C=CC[C@@H](O)c1ccc(O)cc1Cl)C[C@H](C)O. The Morgan fingerprint density at radius 2 is 2.10 bits per heavy atom. The van der Waals surface area contributed by atoms with Gasteiger partial charge in [-0.2, -0.15) is 0 Å². The fourth-order valence-corrected chi connectivity index (χ4v) is 2.42. The summed E-state index contributed by atoms with van der Waals surface area (Å²) in [5.74, 6) is 0.0774. The van der Waals surface area contributed by atoms with Gasteiger partial charge in [0.25, 0.3) is 0 Å². The van der Waals surface area contributed by atoms with Gasteiger partial charge in [-0.25, -0.2) is 0 Å². The van der Waals surface area contributed by atoms with Crippen LogP contribution in [0.2, 0.25) is 5.02 Å². The van der Waals surface area contributed by atoms with E-state index in [2.05, 4.69) is 12.7 Å². The van der Waals surface area contributed by atoms with Crippen molar-refractivity contribution in [3.8, 4) is 5.75 Å². The number of phenols is 1. The van der Waals surface area contributed by atoms with E-state index in [0.29, 0.717) is 23.4 Å². The summed E-state index contributed by atoms with van der Waals surface area (Å²) >= 11 is 5.99. The first kappa shape index (κ1) is 17.8. The highest BCUT2D eigenvalue weighted by molar-refractivity contribution is 6.31. The number of hydrogen-bond donors (Lipinski definition) is 3. The summed E-state index contributed by atoms with van der Waals surface area (Å²) in [5, 5.41) is 29.2. The lowest BCUT2D eigenvalue weighted by atomic mass is 10.0. The van der Waals surface area contributed by atoms with E-state index in [-0.39, 0.29) is 11.9 Å². The molecule has 0 amide bonds. The van der Waals surface area contributed by atoms with Crippen molar-refractivity contribution in [1.82, 2.24) is 0 Å². The second-order valence-corrected chi connectivity index (χ2v) is 5.62. The van der Waals surface area contributed by atoms with Gasteiger partial charge in [0.05, 0.1) is 17.2 Å². The number of aliphatic hydroxyl groups is 2. The van der Waals surface area contributed by atoms with Crippen LogP contribution in [0.25, 0.3) is 0 Å². The molecule has 0 saturated heterocycles. The van der Waals surface area contributed by atoms with Crippen molar-refractivity contribution in [3.05, 3.63) is 46.2 Å². The molecule has 0 aromatic heterocycles. The third kappa shape index (κ3) is 6.36. The highest BCUT2D eigenvalue weighted by atomic mass is 35.5. The maximum absolute atomic E-state index is 10.1. The first-order valence-electron chi connectivity index (χ1n) is 7.21. The molecule has 0 aliphatic carbocycles. The standard InChI is InChI=1S/C17H23ClO3/c1-3-5-13(10-12(2)19)6-4-7-17(21)15-9-8-14(20)11-16(15)18/h4,8-9,11-12,17,19-21H,3,5,7,10H2,1-2H3/t6?,12-,17+/m0/s1. The molecule has 0 aliphatic heterocycles. The zero-order valence-corrected chi connectivity index (χ0v) is 13.3. The maximum atomic E-state index is 10.1. The van der Waals surface area contributed by atoms with Gasteiger partial charge in [0.15, 0.2) is 0 Å². The summed E-state index contributed by atoms with van der Waals surface area (Å²) in [6, 6.07) is 4.53. The van der Waals surface area contributed by atoms with Crippen LogP contribution >= 0.6 is 11.6 Å². The van der Waals surface area contributed by atoms with Gasteiger partial charge in [-0.1, -0.05) is 31.0 Å². The summed E-state index contributed by atoms with van der Waals surface area (Å²) in [5.41, 5.74) is 4.80. The van der Waals surface area contributed by atoms with Gasteiger partial charge >= 0.3 is 0 Å². The third-order valence-electron chi connectivity index (χ3n) is 3.08. The van der Waals surface area contributed by atoms with E-state index < -0.39 is 6.10 Å². The van der Waals surface area contributed by atoms with Crippen LogP contribution in [-0.4, -0.2) is 21.4 Å². The van der Waals surface area contributed by atoms with Crippen LogP contribution in [0.15, 0.2) is 35.6 Å². The highest BCUT2D eigenvalue weighted by Gasteiger charge is 2.10. The topological polar surface area (TPSA) is 60.7 Å². The van der Waals surface area contributed by atoms with Crippen LogP contribution in [0, 0.1) is 0 Å². The van der Waals surface area contributed by atoms with Crippen molar-refractivity contribution in [1.29, 1.82) is 0 Å². The van der Waals surface area contributed by atoms with Crippen LogP contribution in [-0.2, 0) is 0 Å². The minimum atomic E-state index is -0.736. The smallest absolute Gasteiger partial charge is 0.117 e. The molecule has 1 rings (SSSR count). The average molecular weight is 311 g/mol. The van der Waals surface area contributed by atoms with Crippen LogP contribution in [0.5, 0.6) is 5.75 Å². The van der Waals surface area contributed by atoms with Gasteiger partial charge in [0.1, 0.15) is 5.75 Å². The van der Waals surface area contributed by atoms with Crippen molar-refractivity contribution in [3.63, 3.8) is 0 Å². The summed E-state index contributed by atoms with van der Waals surface area (Å²) in [6.07, 6.45) is 3.52. The number of halogens is 1. The molecule has 0 fully saturated rings. The molecule has 0 saturated carbocycles. The molecular formula is C17H23ClO3. The van der Waals surface area contributed by atoms with E-state index >= 15 is 0 Å². The molecule has 0 radical (unpaired) electrons. The first-order valence-corrected chi connectivity index (χ1v) is 7.59. The molecule has 0 spiro atoms. The van der Waals surface area contributed by atoms with Gasteiger partial charge < -0.3 is 15.3 Å². The summed E-state index contributed by atoms with van der Waals surface area (Å²) in [7, 11) is 0. The average Bonchev–Trinajstić information content (AvgIpc) is 2.37. The van der Waals surface area contributed by atoms with Crippen molar-refractivity contribution in [2.45, 2.75) is 51.7 Å². The Balaban J connectivity index is 2.76. The minimum Gasteiger partial charge on any atom is -0.508 e. The Bertz CT molecular complexity index is 517. The van der Waals surface area contributed by atoms with Crippen molar-refractivity contribution in [2.75, 3.05) is 0 Å². The molecule has 0 unspecified atom stereocenters. The second-order valence-electron chi connectivity index (χ2n) is 5.21. The zero-order chi connectivity index (χ0) is 15.8. The molecule has 2 atom stereocenters. The quantitative estimate of drug-likeness (QED) is 0.664.